The molecule has 1 amide bonds. The summed E-state index contributed by atoms with van der Waals surface area (Å²) in [6, 6.07) is 3.48. The number of hydrogen-bond donors (Lipinski definition) is 2. The molecule has 1 aliphatic rings. The summed E-state index contributed by atoms with van der Waals surface area (Å²) in [5, 5.41) is 12.9. The maximum Gasteiger partial charge on any atom is 0.257 e. The van der Waals surface area contributed by atoms with E-state index in [1.165, 1.54) is 0 Å². The molecule has 0 spiro atoms. The van der Waals surface area contributed by atoms with Crippen molar-refractivity contribution >= 4 is 28.9 Å². The number of anilines is 2. The van der Waals surface area contributed by atoms with Crippen molar-refractivity contribution in [1.29, 1.82) is 0 Å². The molecule has 104 valence electrons. The zero-order valence-electron chi connectivity index (χ0n) is 11.6. The Labute approximate surface area is 118 Å². The third-order valence-corrected chi connectivity index (χ3v) is 3.35. The third kappa shape index (κ3) is 2.85. The van der Waals surface area contributed by atoms with Crippen LogP contribution in [0.25, 0.3) is 0 Å². The number of amides is 1. The van der Waals surface area contributed by atoms with Crippen LogP contribution in [0.3, 0.4) is 0 Å². The van der Waals surface area contributed by atoms with E-state index in [-0.39, 0.29) is 5.41 Å². The molecule has 1 heterocycles. The van der Waals surface area contributed by atoms with E-state index in [1.54, 1.807) is 6.07 Å². The van der Waals surface area contributed by atoms with Crippen molar-refractivity contribution in [3.8, 4) is 0 Å². The average Bonchev–Trinajstić information content (AvgIpc) is 2.52. The van der Waals surface area contributed by atoms with Gasteiger partial charge >= 0.3 is 0 Å². The van der Waals surface area contributed by atoms with Crippen molar-refractivity contribution in [2.75, 3.05) is 23.8 Å². The summed E-state index contributed by atoms with van der Waals surface area (Å²) in [6.07, 6.45) is -1.12. The Kier molecular flexibility index (Phi) is 3.49. The Morgan fingerprint density at radius 1 is 1.42 bits per heavy atom. The predicted octanol–water partition coefficient (Wildman–Crippen LogP) is 2.81. The molecule has 0 bridgehead atoms. The van der Waals surface area contributed by atoms with Crippen molar-refractivity contribution in [2.45, 2.75) is 26.9 Å². The Morgan fingerprint density at radius 2 is 2.05 bits per heavy atom. The van der Waals surface area contributed by atoms with Gasteiger partial charge in [0.05, 0.1) is 10.7 Å². The van der Waals surface area contributed by atoms with Gasteiger partial charge in [0.15, 0.2) is 6.10 Å². The van der Waals surface area contributed by atoms with Crippen LogP contribution in [0.15, 0.2) is 12.1 Å². The summed E-state index contributed by atoms with van der Waals surface area (Å²) < 4.78 is 0. The number of carbonyl (C=O) groups is 1. The Morgan fingerprint density at radius 3 is 2.63 bits per heavy atom. The van der Waals surface area contributed by atoms with Crippen molar-refractivity contribution in [3.63, 3.8) is 0 Å². The molecule has 0 fully saturated rings. The number of halogens is 1. The van der Waals surface area contributed by atoms with Crippen molar-refractivity contribution in [3.05, 3.63) is 22.7 Å². The van der Waals surface area contributed by atoms with Crippen molar-refractivity contribution < 1.29 is 9.90 Å². The first-order valence-corrected chi connectivity index (χ1v) is 6.60. The van der Waals surface area contributed by atoms with Gasteiger partial charge < -0.3 is 15.3 Å². The summed E-state index contributed by atoms with van der Waals surface area (Å²) in [5.74, 6) is -0.401. The fraction of sp³-hybridized carbons (Fsp3) is 0.500. The van der Waals surface area contributed by atoms with Crippen LogP contribution in [0.5, 0.6) is 0 Å². The molecule has 0 radical (unpaired) electrons. The first kappa shape index (κ1) is 14.2. The zero-order valence-corrected chi connectivity index (χ0v) is 12.4. The topological polar surface area (TPSA) is 52.6 Å². The summed E-state index contributed by atoms with van der Waals surface area (Å²) in [7, 11) is 1.96. The molecule has 1 atom stereocenters. The van der Waals surface area contributed by atoms with Gasteiger partial charge in [0.25, 0.3) is 5.91 Å². The largest absolute Gasteiger partial charge is 0.378 e. The van der Waals surface area contributed by atoms with Crippen LogP contribution in [0, 0.1) is 5.41 Å². The molecule has 0 saturated heterocycles. The lowest BCUT2D eigenvalue weighted by Gasteiger charge is -2.29. The van der Waals surface area contributed by atoms with Crippen LogP contribution in [-0.4, -0.2) is 24.6 Å². The standard InChI is InChI=1S/C14H19ClN2O2/c1-14(2,3)7-17(4)11-6-10-8(5-9(11)15)12(18)13(19)16-10/h5-6,12,18H,7H2,1-4H3,(H,16,19). The Balaban J connectivity index is 2.34. The SMILES string of the molecule is CN(CC(C)(C)C)c1cc2c(cc1Cl)C(O)C(=O)N2. The zero-order chi connectivity index (χ0) is 14.4. The van der Waals surface area contributed by atoms with Gasteiger partial charge in [0, 0.05) is 24.8 Å². The number of aliphatic hydroxyl groups is 1. The number of nitrogens with zero attached hydrogens (tertiary/aromatic N) is 1. The van der Waals surface area contributed by atoms with Crippen LogP contribution in [-0.2, 0) is 4.79 Å². The summed E-state index contributed by atoms with van der Waals surface area (Å²) in [6.45, 7) is 7.28. The number of fused-ring (bicyclic) bond motifs is 1. The number of aliphatic hydroxyl groups excluding tert-OH is 1. The van der Waals surface area contributed by atoms with Crippen LogP contribution < -0.4 is 10.2 Å². The first-order chi connectivity index (χ1) is 8.69. The molecule has 2 N–H and O–H groups in total. The summed E-state index contributed by atoms with van der Waals surface area (Å²) >= 11 is 6.25. The number of hydrogen-bond acceptors (Lipinski definition) is 3. The number of rotatable bonds is 2. The molecule has 0 aromatic heterocycles. The molecule has 1 aromatic carbocycles. The maximum atomic E-state index is 11.4. The van der Waals surface area contributed by atoms with Crippen LogP contribution in [0.2, 0.25) is 5.02 Å². The third-order valence-electron chi connectivity index (χ3n) is 3.04. The molecule has 5 heteroatoms. The van der Waals surface area contributed by atoms with Gasteiger partial charge in [-0.25, -0.2) is 0 Å². The molecule has 19 heavy (non-hydrogen) atoms. The van der Waals surface area contributed by atoms with Gasteiger partial charge in [-0.1, -0.05) is 32.4 Å². The second-order valence-corrected chi connectivity index (χ2v) is 6.61. The Hall–Kier alpha value is -1.26. The Bertz CT molecular complexity index is 523. The highest BCUT2D eigenvalue weighted by atomic mass is 35.5. The minimum Gasteiger partial charge on any atom is -0.378 e. The molecule has 2 rings (SSSR count). The number of nitrogens with one attached hydrogen (secondary N) is 1. The van der Waals surface area contributed by atoms with Gasteiger partial charge in [-0.05, 0) is 17.5 Å². The van der Waals surface area contributed by atoms with E-state index in [0.29, 0.717) is 16.3 Å². The molecule has 0 aliphatic carbocycles. The second kappa shape index (κ2) is 4.69. The van der Waals surface area contributed by atoms with E-state index in [0.717, 1.165) is 12.2 Å². The lowest BCUT2D eigenvalue weighted by molar-refractivity contribution is -0.123. The van der Waals surface area contributed by atoms with Gasteiger partial charge in [0.1, 0.15) is 0 Å². The lowest BCUT2D eigenvalue weighted by Crippen LogP contribution is -2.29. The molecule has 4 nitrogen and oxygen atoms in total. The fourth-order valence-corrected chi connectivity index (χ4v) is 2.66. The van der Waals surface area contributed by atoms with Gasteiger partial charge in [-0.2, -0.15) is 0 Å². The normalized spacial score (nSPS) is 18.2. The van der Waals surface area contributed by atoms with E-state index in [2.05, 4.69) is 31.0 Å². The van der Waals surface area contributed by atoms with E-state index in [9.17, 15) is 9.90 Å². The summed E-state index contributed by atoms with van der Waals surface area (Å²) in [5.41, 5.74) is 2.17. The monoisotopic (exact) mass is 282 g/mol. The van der Waals surface area contributed by atoms with Gasteiger partial charge in [0.2, 0.25) is 0 Å². The minimum absolute atomic E-state index is 0.139. The first-order valence-electron chi connectivity index (χ1n) is 6.22. The van der Waals surface area contributed by atoms with E-state index in [1.807, 2.05) is 13.1 Å². The average molecular weight is 283 g/mol. The second-order valence-electron chi connectivity index (χ2n) is 6.20. The van der Waals surface area contributed by atoms with Crippen molar-refractivity contribution in [1.82, 2.24) is 0 Å². The quantitative estimate of drug-likeness (QED) is 0.877. The van der Waals surface area contributed by atoms with E-state index >= 15 is 0 Å². The number of benzene rings is 1. The molecular formula is C14H19ClN2O2. The molecule has 1 aromatic rings. The summed E-state index contributed by atoms with van der Waals surface area (Å²) in [4.78, 5) is 13.5. The minimum atomic E-state index is -1.12. The van der Waals surface area contributed by atoms with Crippen LogP contribution in [0.4, 0.5) is 11.4 Å². The van der Waals surface area contributed by atoms with Gasteiger partial charge in [-0.15, -0.1) is 0 Å². The maximum absolute atomic E-state index is 11.4. The lowest BCUT2D eigenvalue weighted by atomic mass is 9.96. The predicted molar refractivity (Wildman–Crippen MR) is 77.8 cm³/mol. The number of carbonyl (C=O) groups excluding carboxylic acids is 1. The van der Waals surface area contributed by atoms with E-state index in [4.69, 9.17) is 11.6 Å². The van der Waals surface area contributed by atoms with Crippen LogP contribution in [0.1, 0.15) is 32.4 Å². The highest BCUT2D eigenvalue weighted by Gasteiger charge is 2.30. The molecule has 1 aliphatic heterocycles. The molecule has 0 saturated carbocycles. The van der Waals surface area contributed by atoms with Crippen LogP contribution >= 0.6 is 11.6 Å². The fourth-order valence-electron chi connectivity index (χ4n) is 2.34. The highest BCUT2D eigenvalue weighted by molar-refractivity contribution is 6.33. The highest BCUT2D eigenvalue weighted by Crippen LogP contribution is 2.39. The van der Waals surface area contributed by atoms with Crippen molar-refractivity contribution in [2.24, 2.45) is 5.41 Å². The smallest absolute Gasteiger partial charge is 0.257 e. The molecular weight excluding hydrogens is 264 g/mol. The van der Waals surface area contributed by atoms with Gasteiger partial charge in [-0.3, -0.25) is 4.79 Å². The molecule has 1 unspecified atom stereocenters. The van der Waals surface area contributed by atoms with E-state index < -0.39 is 12.0 Å².